The number of allylic oxidation sites excluding steroid dienone is 1. The van der Waals surface area contributed by atoms with Gasteiger partial charge < -0.3 is 19.3 Å². The molecule has 0 saturated carbocycles. The second-order valence-corrected chi connectivity index (χ2v) is 13.0. The van der Waals surface area contributed by atoms with E-state index >= 15 is 0 Å². The number of benzene rings is 2. The number of rotatable bonds is 16. The summed E-state index contributed by atoms with van der Waals surface area (Å²) in [7, 11) is 0. The highest BCUT2D eigenvalue weighted by Gasteiger charge is 2.44. The van der Waals surface area contributed by atoms with Crippen LogP contribution in [0.2, 0.25) is 0 Å². The van der Waals surface area contributed by atoms with Crippen LogP contribution in [0.1, 0.15) is 95.8 Å². The molecule has 0 unspecified atom stereocenters. The molecule has 44 heavy (non-hydrogen) atoms. The van der Waals surface area contributed by atoms with Crippen molar-refractivity contribution in [1.82, 2.24) is 0 Å². The van der Waals surface area contributed by atoms with Crippen LogP contribution in [0.3, 0.4) is 0 Å². The van der Waals surface area contributed by atoms with Gasteiger partial charge >= 0.3 is 11.9 Å². The van der Waals surface area contributed by atoms with E-state index in [1.54, 1.807) is 0 Å². The van der Waals surface area contributed by atoms with E-state index < -0.39 is 11.6 Å². The number of carbonyl (C=O) groups excluding carboxylic acids is 2. The Hall–Kier alpha value is -3.56. The molecule has 1 fully saturated rings. The maximum absolute atomic E-state index is 12.6. The van der Waals surface area contributed by atoms with Crippen LogP contribution >= 0.6 is 0 Å². The molecule has 2 aromatic rings. The van der Waals surface area contributed by atoms with Crippen molar-refractivity contribution in [2.24, 2.45) is 17.8 Å². The van der Waals surface area contributed by atoms with E-state index in [2.05, 4.69) is 58.6 Å². The molecule has 0 bridgehead atoms. The summed E-state index contributed by atoms with van der Waals surface area (Å²) in [4.78, 5) is 25.0. The molecule has 0 radical (unpaired) electrons. The summed E-state index contributed by atoms with van der Waals surface area (Å²) >= 11 is 0. The molecule has 1 aliphatic heterocycles. The Balaban J connectivity index is 1.34. The quantitative estimate of drug-likeness (QED) is 0.0923. The molecule has 3 rings (SSSR count). The standard InChI is InChI=1S/C38H50O6/c1-28(2)23-33(24-29(3)4)16-19-34-25-38(26-39,44-37(34)41)27-43-36(40)9-7-6-8-22-42-35-20-17-32(18-21-35)15-14-31-12-10-30(5)11-13-31/h10-13,17-21,28-29,33,39H,6-9,16,22-27H2,1-5H3/b34-19+/t38-/m1/s1. The SMILES string of the molecule is Cc1ccc(C#Cc2ccc(OCCCCCC(=O)OC[C@]3(CO)C/C(=C\CC(CC(C)C)CC(C)C)C(=O)O3)cc2)cc1. The van der Waals surface area contributed by atoms with Crippen LogP contribution < -0.4 is 4.74 Å². The Labute approximate surface area is 264 Å². The van der Waals surface area contributed by atoms with E-state index in [4.69, 9.17) is 14.2 Å². The predicted octanol–water partition coefficient (Wildman–Crippen LogP) is 7.58. The van der Waals surface area contributed by atoms with Gasteiger partial charge in [0, 0.05) is 29.5 Å². The van der Waals surface area contributed by atoms with Crippen LogP contribution in [0.4, 0.5) is 0 Å². The second kappa shape index (κ2) is 17.7. The monoisotopic (exact) mass is 602 g/mol. The van der Waals surface area contributed by atoms with E-state index in [1.807, 2.05) is 42.5 Å². The normalized spacial score (nSPS) is 17.2. The highest BCUT2D eigenvalue weighted by Crippen LogP contribution is 2.33. The van der Waals surface area contributed by atoms with Gasteiger partial charge in [-0.3, -0.25) is 4.79 Å². The summed E-state index contributed by atoms with van der Waals surface area (Å²) in [5.41, 5.74) is 2.50. The average Bonchev–Trinajstić information content (AvgIpc) is 3.32. The first-order valence-electron chi connectivity index (χ1n) is 16.1. The molecule has 0 aliphatic carbocycles. The Bertz CT molecular complexity index is 1270. The summed E-state index contributed by atoms with van der Waals surface area (Å²) < 4.78 is 16.8. The Morgan fingerprint density at radius 3 is 2.16 bits per heavy atom. The lowest BCUT2D eigenvalue weighted by molar-refractivity contribution is -0.166. The lowest BCUT2D eigenvalue weighted by atomic mass is 9.86. The van der Waals surface area contributed by atoms with Gasteiger partial charge in [-0.1, -0.05) is 63.3 Å². The summed E-state index contributed by atoms with van der Waals surface area (Å²) in [6, 6.07) is 15.9. The van der Waals surface area contributed by atoms with Crippen LogP contribution in [0.25, 0.3) is 0 Å². The van der Waals surface area contributed by atoms with Crippen molar-refractivity contribution < 1.29 is 28.9 Å². The van der Waals surface area contributed by atoms with Gasteiger partial charge in [-0.15, -0.1) is 0 Å². The van der Waals surface area contributed by atoms with Crippen molar-refractivity contribution in [2.45, 2.75) is 91.6 Å². The average molecular weight is 603 g/mol. The number of cyclic esters (lactones) is 1. The van der Waals surface area contributed by atoms with Gasteiger partial charge in [0.25, 0.3) is 0 Å². The lowest BCUT2D eigenvalue weighted by Gasteiger charge is -2.24. The van der Waals surface area contributed by atoms with Crippen LogP contribution in [-0.2, 0) is 19.1 Å². The molecule has 0 amide bonds. The van der Waals surface area contributed by atoms with Crippen LogP contribution in [0, 0.1) is 36.5 Å². The van der Waals surface area contributed by atoms with E-state index in [-0.39, 0.29) is 32.0 Å². The fourth-order valence-electron chi connectivity index (χ4n) is 5.46. The van der Waals surface area contributed by atoms with Crippen molar-refractivity contribution in [2.75, 3.05) is 19.8 Å². The van der Waals surface area contributed by atoms with Gasteiger partial charge in [-0.05, 0) is 99.6 Å². The van der Waals surface area contributed by atoms with E-state index in [9.17, 15) is 14.7 Å². The van der Waals surface area contributed by atoms with Crippen molar-refractivity contribution in [3.05, 3.63) is 76.9 Å². The van der Waals surface area contributed by atoms with Crippen molar-refractivity contribution in [3.8, 4) is 17.6 Å². The third kappa shape index (κ3) is 12.2. The number of aryl methyl sites for hydroxylation is 1. The number of ether oxygens (including phenoxy) is 3. The number of esters is 2. The highest BCUT2D eigenvalue weighted by molar-refractivity contribution is 5.91. The van der Waals surface area contributed by atoms with Crippen molar-refractivity contribution >= 4 is 11.9 Å². The van der Waals surface area contributed by atoms with E-state index in [0.29, 0.717) is 36.4 Å². The summed E-state index contributed by atoms with van der Waals surface area (Å²) in [5, 5.41) is 10.0. The van der Waals surface area contributed by atoms with Crippen molar-refractivity contribution in [1.29, 1.82) is 0 Å². The third-order valence-electron chi connectivity index (χ3n) is 7.73. The topological polar surface area (TPSA) is 82.1 Å². The zero-order valence-corrected chi connectivity index (χ0v) is 27.2. The van der Waals surface area contributed by atoms with Crippen LogP contribution in [0.15, 0.2) is 60.2 Å². The third-order valence-corrected chi connectivity index (χ3v) is 7.73. The fourth-order valence-corrected chi connectivity index (χ4v) is 5.46. The maximum Gasteiger partial charge on any atom is 0.334 e. The molecule has 0 aromatic heterocycles. The minimum atomic E-state index is -1.19. The number of carbonyl (C=O) groups is 2. The van der Waals surface area contributed by atoms with E-state index in [0.717, 1.165) is 49.0 Å². The minimum Gasteiger partial charge on any atom is -0.494 e. The number of aliphatic hydroxyl groups excluding tert-OH is 1. The molecule has 1 heterocycles. The summed E-state index contributed by atoms with van der Waals surface area (Å²) in [6.45, 7) is 10.9. The smallest absolute Gasteiger partial charge is 0.334 e. The summed E-state index contributed by atoms with van der Waals surface area (Å²) in [6.07, 6.45) is 7.78. The van der Waals surface area contributed by atoms with Gasteiger partial charge in [0.15, 0.2) is 5.60 Å². The lowest BCUT2D eigenvalue weighted by Crippen LogP contribution is -2.39. The fraction of sp³-hybridized carbons (Fsp3) is 0.526. The first kappa shape index (κ1) is 34.9. The number of aliphatic hydroxyl groups is 1. The predicted molar refractivity (Wildman–Crippen MR) is 174 cm³/mol. The molecule has 6 nitrogen and oxygen atoms in total. The van der Waals surface area contributed by atoms with Crippen LogP contribution in [0.5, 0.6) is 5.75 Å². The Morgan fingerprint density at radius 1 is 0.955 bits per heavy atom. The zero-order valence-electron chi connectivity index (χ0n) is 27.2. The molecule has 6 heteroatoms. The highest BCUT2D eigenvalue weighted by atomic mass is 16.6. The minimum absolute atomic E-state index is 0.138. The van der Waals surface area contributed by atoms with Gasteiger partial charge in [-0.25, -0.2) is 4.79 Å². The Kier molecular flexibility index (Phi) is 14.0. The number of hydrogen-bond donors (Lipinski definition) is 1. The molecule has 238 valence electrons. The van der Waals surface area contributed by atoms with Gasteiger partial charge in [0.05, 0.1) is 13.2 Å². The van der Waals surface area contributed by atoms with E-state index in [1.165, 1.54) is 5.56 Å². The molecular weight excluding hydrogens is 552 g/mol. The molecular formula is C38H50O6. The molecule has 1 N–H and O–H groups in total. The molecule has 1 atom stereocenters. The largest absolute Gasteiger partial charge is 0.494 e. The van der Waals surface area contributed by atoms with Gasteiger partial charge in [0.1, 0.15) is 12.4 Å². The molecule has 0 spiro atoms. The number of hydrogen-bond acceptors (Lipinski definition) is 6. The van der Waals surface area contributed by atoms with Crippen molar-refractivity contribution in [3.63, 3.8) is 0 Å². The first-order chi connectivity index (χ1) is 21.1. The molecule has 1 saturated heterocycles. The number of unbranched alkanes of at least 4 members (excludes halogenated alkanes) is 2. The second-order valence-electron chi connectivity index (χ2n) is 13.0. The molecule has 1 aliphatic rings. The van der Waals surface area contributed by atoms with Crippen LogP contribution in [-0.4, -0.2) is 42.5 Å². The zero-order chi connectivity index (χ0) is 32.0. The Morgan fingerprint density at radius 2 is 1.57 bits per heavy atom. The first-order valence-corrected chi connectivity index (χ1v) is 16.1. The summed E-state index contributed by atoms with van der Waals surface area (Å²) in [5.74, 6) is 8.02. The maximum atomic E-state index is 12.6. The van der Waals surface area contributed by atoms with Gasteiger partial charge in [-0.2, -0.15) is 0 Å². The molecule has 2 aromatic carbocycles. The van der Waals surface area contributed by atoms with Gasteiger partial charge in [0.2, 0.25) is 0 Å².